The zero-order valence-corrected chi connectivity index (χ0v) is 15.7. The van der Waals surface area contributed by atoms with Crippen LogP contribution in [0.15, 0.2) is 48.5 Å². The van der Waals surface area contributed by atoms with Crippen molar-refractivity contribution in [2.24, 2.45) is 0 Å². The highest BCUT2D eigenvalue weighted by molar-refractivity contribution is 6.30. The summed E-state index contributed by atoms with van der Waals surface area (Å²) >= 11 is 6.05. The standard InChI is InChI=1S/C21H21ClN2O3/c22-18-3-1-2-17(12-18)14-23-8-10-24(11-9-23)21(25)7-5-16-4-6-19-20(13-16)27-15-26-19/h1-7,12-13H,8-11,14-15H2/b7-5+. The molecule has 2 aliphatic heterocycles. The molecule has 27 heavy (non-hydrogen) atoms. The quantitative estimate of drug-likeness (QED) is 0.757. The van der Waals surface area contributed by atoms with E-state index in [1.807, 2.05) is 47.4 Å². The lowest BCUT2D eigenvalue weighted by Crippen LogP contribution is -2.47. The smallest absolute Gasteiger partial charge is 0.246 e. The highest BCUT2D eigenvalue weighted by atomic mass is 35.5. The molecule has 0 aromatic heterocycles. The van der Waals surface area contributed by atoms with E-state index in [1.54, 1.807) is 6.08 Å². The van der Waals surface area contributed by atoms with Crippen molar-refractivity contribution in [3.8, 4) is 11.5 Å². The molecular formula is C21H21ClN2O3. The van der Waals surface area contributed by atoms with Gasteiger partial charge in [-0.1, -0.05) is 29.8 Å². The third-order valence-electron chi connectivity index (χ3n) is 4.79. The van der Waals surface area contributed by atoms with E-state index in [0.29, 0.717) is 0 Å². The summed E-state index contributed by atoms with van der Waals surface area (Å²) in [6, 6.07) is 13.6. The van der Waals surface area contributed by atoms with E-state index in [-0.39, 0.29) is 12.7 Å². The number of benzene rings is 2. The molecule has 0 radical (unpaired) electrons. The van der Waals surface area contributed by atoms with Crippen LogP contribution in [0.3, 0.4) is 0 Å². The van der Waals surface area contributed by atoms with E-state index in [2.05, 4.69) is 11.0 Å². The first kappa shape index (κ1) is 17.9. The number of ether oxygens (including phenoxy) is 2. The molecule has 0 spiro atoms. The summed E-state index contributed by atoms with van der Waals surface area (Å²) in [6.07, 6.45) is 3.45. The van der Waals surface area contributed by atoms with Crippen LogP contribution < -0.4 is 9.47 Å². The monoisotopic (exact) mass is 384 g/mol. The van der Waals surface area contributed by atoms with Gasteiger partial charge < -0.3 is 14.4 Å². The number of halogens is 1. The number of fused-ring (bicyclic) bond motifs is 1. The Bertz CT molecular complexity index is 860. The topological polar surface area (TPSA) is 42.0 Å². The molecule has 1 saturated heterocycles. The van der Waals surface area contributed by atoms with E-state index in [0.717, 1.165) is 54.8 Å². The molecule has 2 aromatic rings. The molecule has 0 N–H and O–H groups in total. The minimum absolute atomic E-state index is 0.0371. The summed E-state index contributed by atoms with van der Waals surface area (Å²) in [4.78, 5) is 16.7. The van der Waals surface area contributed by atoms with Crippen molar-refractivity contribution in [2.75, 3.05) is 33.0 Å². The fraction of sp³-hybridized carbons (Fsp3) is 0.286. The van der Waals surface area contributed by atoms with Crippen molar-refractivity contribution >= 4 is 23.6 Å². The van der Waals surface area contributed by atoms with Crippen molar-refractivity contribution in [3.63, 3.8) is 0 Å². The second-order valence-electron chi connectivity index (χ2n) is 6.68. The third kappa shape index (κ3) is 4.43. The van der Waals surface area contributed by atoms with Gasteiger partial charge in [0.15, 0.2) is 11.5 Å². The number of hydrogen-bond acceptors (Lipinski definition) is 4. The van der Waals surface area contributed by atoms with Gasteiger partial charge in [0.25, 0.3) is 0 Å². The van der Waals surface area contributed by atoms with Crippen molar-refractivity contribution in [1.82, 2.24) is 9.80 Å². The van der Waals surface area contributed by atoms with Gasteiger partial charge in [-0.2, -0.15) is 0 Å². The molecule has 2 aromatic carbocycles. The number of carbonyl (C=O) groups is 1. The summed E-state index contributed by atoms with van der Waals surface area (Å²) < 4.78 is 10.7. The number of rotatable bonds is 4. The van der Waals surface area contributed by atoms with Crippen LogP contribution in [0.2, 0.25) is 5.02 Å². The van der Waals surface area contributed by atoms with Crippen molar-refractivity contribution < 1.29 is 14.3 Å². The van der Waals surface area contributed by atoms with Gasteiger partial charge in [-0.05, 0) is 41.5 Å². The third-order valence-corrected chi connectivity index (χ3v) is 5.03. The summed E-state index contributed by atoms with van der Waals surface area (Å²) in [6.45, 7) is 4.28. The van der Waals surface area contributed by atoms with Crippen LogP contribution >= 0.6 is 11.6 Å². The normalized spacial score (nSPS) is 16.9. The molecule has 2 heterocycles. The minimum Gasteiger partial charge on any atom is -0.454 e. The van der Waals surface area contributed by atoms with E-state index in [4.69, 9.17) is 21.1 Å². The van der Waals surface area contributed by atoms with Crippen molar-refractivity contribution in [3.05, 3.63) is 64.7 Å². The van der Waals surface area contributed by atoms with Gasteiger partial charge in [-0.15, -0.1) is 0 Å². The molecule has 0 aliphatic carbocycles. The van der Waals surface area contributed by atoms with Crippen LogP contribution in [0.5, 0.6) is 11.5 Å². The summed E-state index contributed by atoms with van der Waals surface area (Å²) in [5.41, 5.74) is 2.12. The number of carbonyl (C=O) groups excluding carboxylic acids is 1. The van der Waals surface area contributed by atoms with Crippen LogP contribution in [0.25, 0.3) is 6.08 Å². The van der Waals surface area contributed by atoms with Crippen LogP contribution in [0, 0.1) is 0 Å². The number of nitrogens with zero attached hydrogens (tertiary/aromatic N) is 2. The van der Waals surface area contributed by atoms with Crippen molar-refractivity contribution in [2.45, 2.75) is 6.54 Å². The molecule has 1 fully saturated rings. The molecule has 1 amide bonds. The van der Waals surface area contributed by atoms with Gasteiger partial charge in [-0.3, -0.25) is 9.69 Å². The van der Waals surface area contributed by atoms with Gasteiger partial charge >= 0.3 is 0 Å². The Morgan fingerprint density at radius 2 is 1.85 bits per heavy atom. The van der Waals surface area contributed by atoms with Crippen LogP contribution in [0.1, 0.15) is 11.1 Å². The van der Waals surface area contributed by atoms with E-state index in [1.165, 1.54) is 5.56 Å². The van der Waals surface area contributed by atoms with E-state index in [9.17, 15) is 4.79 Å². The summed E-state index contributed by atoms with van der Waals surface area (Å²) in [5, 5.41) is 0.759. The molecular weight excluding hydrogens is 364 g/mol. The minimum atomic E-state index is 0.0371. The maximum absolute atomic E-state index is 12.5. The number of amides is 1. The van der Waals surface area contributed by atoms with Crippen molar-refractivity contribution in [1.29, 1.82) is 0 Å². The number of piperazine rings is 1. The molecule has 0 unspecified atom stereocenters. The molecule has 0 saturated carbocycles. The Labute approximate surface area is 163 Å². The average Bonchev–Trinajstić information content (AvgIpc) is 3.14. The molecule has 0 bridgehead atoms. The van der Waals surface area contributed by atoms with Gasteiger partial charge in [0.05, 0.1) is 0 Å². The van der Waals surface area contributed by atoms with E-state index < -0.39 is 0 Å². The van der Waals surface area contributed by atoms with Crippen LogP contribution in [-0.2, 0) is 11.3 Å². The Morgan fingerprint density at radius 3 is 2.67 bits per heavy atom. The highest BCUT2D eigenvalue weighted by Gasteiger charge is 2.20. The Kier molecular flexibility index (Phi) is 5.32. The lowest BCUT2D eigenvalue weighted by molar-refractivity contribution is -0.127. The molecule has 0 atom stereocenters. The van der Waals surface area contributed by atoms with Gasteiger partial charge in [-0.25, -0.2) is 0 Å². The predicted octanol–water partition coefficient (Wildman–Crippen LogP) is 3.43. The SMILES string of the molecule is O=C(/C=C/c1ccc2c(c1)OCO2)N1CCN(Cc2cccc(Cl)c2)CC1. The van der Waals surface area contributed by atoms with E-state index >= 15 is 0 Å². The average molecular weight is 385 g/mol. The molecule has 4 rings (SSSR count). The molecule has 6 heteroatoms. The maximum Gasteiger partial charge on any atom is 0.246 e. The van der Waals surface area contributed by atoms with Gasteiger partial charge in [0, 0.05) is 43.8 Å². The second-order valence-corrected chi connectivity index (χ2v) is 7.11. The van der Waals surface area contributed by atoms with Crippen LogP contribution in [0.4, 0.5) is 0 Å². The Morgan fingerprint density at radius 1 is 1.04 bits per heavy atom. The Hall–Kier alpha value is -2.50. The zero-order valence-electron chi connectivity index (χ0n) is 14.9. The lowest BCUT2D eigenvalue weighted by Gasteiger charge is -2.34. The molecule has 2 aliphatic rings. The molecule has 140 valence electrons. The highest BCUT2D eigenvalue weighted by Crippen LogP contribution is 2.32. The first-order chi connectivity index (χ1) is 13.2. The lowest BCUT2D eigenvalue weighted by atomic mass is 10.1. The largest absolute Gasteiger partial charge is 0.454 e. The fourth-order valence-corrected chi connectivity index (χ4v) is 3.52. The van der Waals surface area contributed by atoms with Gasteiger partial charge in [0.1, 0.15) is 0 Å². The fourth-order valence-electron chi connectivity index (χ4n) is 3.31. The zero-order chi connectivity index (χ0) is 18.6. The van der Waals surface area contributed by atoms with Crippen LogP contribution in [-0.4, -0.2) is 48.7 Å². The number of hydrogen-bond donors (Lipinski definition) is 0. The second kappa shape index (κ2) is 8.03. The Balaban J connectivity index is 1.29. The molecule has 5 nitrogen and oxygen atoms in total. The first-order valence-corrected chi connectivity index (χ1v) is 9.39. The summed E-state index contributed by atoms with van der Waals surface area (Å²) in [5.74, 6) is 1.50. The predicted molar refractivity (Wildman–Crippen MR) is 105 cm³/mol. The van der Waals surface area contributed by atoms with Gasteiger partial charge in [0.2, 0.25) is 12.7 Å². The summed E-state index contributed by atoms with van der Waals surface area (Å²) in [7, 11) is 0. The first-order valence-electron chi connectivity index (χ1n) is 9.01. The maximum atomic E-state index is 12.5.